The van der Waals surface area contributed by atoms with Crippen LogP contribution in [-0.2, 0) is 6.54 Å². The van der Waals surface area contributed by atoms with Crippen molar-refractivity contribution in [2.24, 2.45) is 0 Å². The van der Waals surface area contributed by atoms with Crippen molar-refractivity contribution in [2.45, 2.75) is 20.4 Å². The van der Waals surface area contributed by atoms with E-state index in [1.54, 1.807) is 10.6 Å². The second kappa shape index (κ2) is 4.37. The van der Waals surface area contributed by atoms with Gasteiger partial charge in [-0.05, 0) is 19.9 Å². The van der Waals surface area contributed by atoms with E-state index >= 15 is 0 Å². The molecule has 1 aliphatic heterocycles. The molecule has 0 bridgehead atoms. The van der Waals surface area contributed by atoms with Crippen LogP contribution in [0.15, 0.2) is 22.0 Å². The lowest BCUT2D eigenvalue weighted by atomic mass is 9.98. The Labute approximate surface area is 126 Å². The van der Waals surface area contributed by atoms with Gasteiger partial charge in [-0.25, -0.2) is 4.79 Å². The highest BCUT2D eigenvalue weighted by Crippen LogP contribution is 2.42. The Hall–Kier alpha value is -2.76. The maximum absolute atomic E-state index is 12.1. The van der Waals surface area contributed by atoms with Gasteiger partial charge < -0.3 is 14.2 Å². The Morgan fingerprint density at radius 2 is 2.27 bits per heavy atom. The first-order chi connectivity index (χ1) is 10.6. The summed E-state index contributed by atoms with van der Waals surface area (Å²) in [5, 5.41) is 4.02. The van der Waals surface area contributed by atoms with Gasteiger partial charge >= 0.3 is 5.69 Å². The zero-order chi connectivity index (χ0) is 15.4. The van der Waals surface area contributed by atoms with Crippen LogP contribution in [0, 0.1) is 13.8 Å². The maximum atomic E-state index is 12.1. The number of aromatic amines is 1. The minimum absolute atomic E-state index is 0.126. The number of rotatable bonds is 2. The average Bonchev–Trinajstić information content (AvgIpc) is 3.03. The van der Waals surface area contributed by atoms with Crippen molar-refractivity contribution in [2.75, 3.05) is 6.61 Å². The molecule has 1 N–H and O–H groups in total. The number of H-pyrrole nitrogens is 1. The summed E-state index contributed by atoms with van der Waals surface area (Å²) in [6.07, 6.45) is 1.73. The van der Waals surface area contributed by atoms with Gasteiger partial charge in [0.2, 0.25) is 0 Å². The molecule has 6 nitrogen and oxygen atoms in total. The van der Waals surface area contributed by atoms with Crippen LogP contribution in [-0.4, -0.2) is 21.3 Å². The summed E-state index contributed by atoms with van der Waals surface area (Å²) in [4.78, 5) is 15.0. The molecule has 0 radical (unpaired) electrons. The molecule has 1 aliphatic rings. The second-order valence-corrected chi connectivity index (χ2v) is 5.40. The van der Waals surface area contributed by atoms with E-state index < -0.39 is 0 Å². The van der Waals surface area contributed by atoms with E-state index in [2.05, 4.69) is 16.7 Å². The molecule has 22 heavy (non-hydrogen) atoms. The highest BCUT2D eigenvalue weighted by atomic mass is 16.5. The van der Waals surface area contributed by atoms with Gasteiger partial charge in [-0.2, -0.15) is 0 Å². The summed E-state index contributed by atoms with van der Waals surface area (Å²) in [6, 6.07) is 1.96. The van der Waals surface area contributed by atoms with Crippen molar-refractivity contribution in [1.29, 1.82) is 0 Å². The van der Waals surface area contributed by atoms with Gasteiger partial charge in [0.1, 0.15) is 17.9 Å². The molecule has 3 heterocycles. The molecule has 112 valence electrons. The summed E-state index contributed by atoms with van der Waals surface area (Å²) in [5.41, 5.74) is 4.84. The summed E-state index contributed by atoms with van der Waals surface area (Å²) >= 11 is 0. The van der Waals surface area contributed by atoms with Crippen LogP contribution in [0.2, 0.25) is 0 Å². The third kappa shape index (κ3) is 1.55. The highest BCUT2D eigenvalue weighted by Gasteiger charge is 2.25. The smallest absolute Gasteiger partial charge is 0.326 e. The fourth-order valence-corrected chi connectivity index (χ4v) is 3.15. The number of hydrogen-bond donors (Lipinski definition) is 1. The van der Waals surface area contributed by atoms with Crippen LogP contribution >= 0.6 is 0 Å². The first-order valence-electron chi connectivity index (χ1n) is 7.09. The van der Waals surface area contributed by atoms with Crippen molar-refractivity contribution < 1.29 is 9.26 Å². The standard InChI is InChI=1S/C16H15N3O3/c1-4-10-7-11(12-8(2)18-22-9(12)3)15-14-13(10)17-16(20)19(14)5-6-21-15/h4,7H,1,5-6H2,2-3H3,(H,17,20). The molecule has 6 heteroatoms. The lowest BCUT2D eigenvalue weighted by Crippen LogP contribution is -2.23. The first kappa shape index (κ1) is 12.9. The second-order valence-electron chi connectivity index (χ2n) is 5.40. The molecule has 3 aromatic rings. The van der Waals surface area contributed by atoms with E-state index in [1.165, 1.54) is 0 Å². The van der Waals surface area contributed by atoms with E-state index in [9.17, 15) is 4.79 Å². The number of imidazole rings is 1. The predicted octanol–water partition coefficient (Wildman–Crippen LogP) is 2.64. The van der Waals surface area contributed by atoms with Gasteiger partial charge in [0.05, 0.1) is 23.3 Å². The number of nitrogens with zero attached hydrogens (tertiary/aromatic N) is 2. The zero-order valence-electron chi connectivity index (χ0n) is 12.4. The number of nitrogens with one attached hydrogen (secondary N) is 1. The van der Waals surface area contributed by atoms with Crippen molar-refractivity contribution >= 4 is 17.1 Å². The van der Waals surface area contributed by atoms with Gasteiger partial charge in [0, 0.05) is 11.1 Å². The molecule has 2 aromatic heterocycles. The van der Waals surface area contributed by atoms with Crippen LogP contribution in [0.1, 0.15) is 17.0 Å². The SMILES string of the molecule is C=Cc1cc(-c2c(C)noc2C)c2c3c1[nH]c(=O)n3CCO2. The highest BCUT2D eigenvalue weighted by molar-refractivity contribution is 5.97. The van der Waals surface area contributed by atoms with E-state index in [0.29, 0.717) is 18.9 Å². The lowest BCUT2D eigenvalue weighted by molar-refractivity contribution is 0.286. The fourth-order valence-electron chi connectivity index (χ4n) is 3.15. The minimum atomic E-state index is -0.126. The summed E-state index contributed by atoms with van der Waals surface area (Å²) in [6.45, 7) is 8.61. The number of aromatic nitrogens is 3. The molecule has 0 saturated heterocycles. The van der Waals surface area contributed by atoms with E-state index in [-0.39, 0.29) is 5.69 Å². The quantitative estimate of drug-likeness (QED) is 0.789. The molecule has 1 aromatic carbocycles. The predicted molar refractivity (Wildman–Crippen MR) is 83.1 cm³/mol. The van der Waals surface area contributed by atoms with Crippen molar-refractivity contribution in [1.82, 2.24) is 14.7 Å². The molecule has 0 amide bonds. The van der Waals surface area contributed by atoms with E-state index in [4.69, 9.17) is 9.26 Å². The van der Waals surface area contributed by atoms with Crippen LogP contribution in [0.5, 0.6) is 5.75 Å². The molecule has 0 aliphatic carbocycles. The molecule has 0 spiro atoms. The Morgan fingerprint density at radius 3 is 2.95 bits per heavy atom. The monoisotopic (exact) mass is 297 g/mol. The summed E-state index contributed by atoms with van der Waals surface area (Å²) in [7, 11) is 0. The topological polar surface area (TPSA) is 73.0 Å². The third-order valence-corrected chi connectivity index (χ3v) is 4.12. The Kier molecular flexibility index (Phi) is 2.57. The Morgan fingerprint density at radius 1 is 1.45 bits per heavy atom. The van der Waals surface area contributed by atoms with Crippen LogP contribution in [0.25, 0.3) is 28.2 Å². The normalized spacial score (nSPS) is 13.4. The van der Waals surface area contributed by atoms with E-state index in [1.807, 2.05) is 19.9 Å². The Bertz CT molecular complexity index is 955. The molecular formula is C16H15N3O3. The third-order valence-electron chi connectivity index (χ3n) is 4.12. The molecule has 0 saturated carbocycles. The van der Waals surface area contributed by atoms with Crippen LogP contribution < -0.4 is 10.4 Å². The minimum Gasteiger partial charge on any atom is -0.489 e. The molecule has 0 fully saturated rings. The largest absolute Gasteiger partial charge is 0.489 e. The molecule has 4 rings (SSSR count). The summed E-state index contributed by atoms with van der Waals surface area (Å²) in [5.74, 6) is 1.42. The molecule has 0 unspecified atom stereocenters. The zero-order valence-corrected chi connectivity index (χ0v) is 12.4. The first-order valence-corrected chi connectivity index (χ1v) is 7.09. The van der Waals surface area contributed by atoms with Crippen molar-refractivity contribution in [3.63, 3.8) is 0 Å². The number of aryl methyl sites for hydroxylation is 2. The number of ether oxygens (including phenoxy) is 1. The van der Waals surface area contributed by atoms with Gasteiger partial charge in [-0.3, -0.25) is 4.57 Å². The van der Waals surface area contributed by atoms with Crippen molar-refractivity contribution in [3.05, 3.63) is 40.1 Å². The van der Waals surface area contributed by atoms with Crippen molar-refractivity contribution in [3.8, 4) is 16.9 Å². The van der Waals surface area contributed by atoms with Gasteiger partial charge in [0.25, 0.3) is 0 Å². The van der Waals surface area contributed by atoms with Gasteiger partial charge in [-0.15, -0.1) is 0 Å². The average molecular weight is 297 g/mol. The maximum Gasteiger partial charge on any atom is 0.326 e. The fraction of sp³-hybridized carbons (Fsp3) is 0.250. The van der Waals surface area contributed by atoms with Crippen LogP contribution in [0.3, 0.4) is 0 Å². The van der Waals surface area contributed by atoms with Gasteiger partial charge in [-0.1, -0.05) is 17.8 Å². The van der Waals surface area contributed by atoms with E-state index in [0.717, 1.165) is 39.2 Å². The summed E-state index contributed by atoms with van der Waals surface area (Å²) < 4.78 is 12.9. The van der Waals surface area contributed by atoms with Crippen LogP contribution in [0.4, 0.5) is 0 Å². The van der Waals surface area contributed by atoms with Gasteiger partial charge in [0.15, 0.2) is 5.75 Å². The number of hydrogen-bond acceptors (Lipinski definition) is 4. The molecular weight excluding hydrogens is 282 g/mol. The molecule has 0 atom stereocenters. The lowest BCUT2D eigenvalue weighted by Gasteiger charge is -2.20. The number of benzene rings is 1. The Balaban J connectivity index is 2.19.